The van der Waals surface area contributed by atoms with Crippen molar-refractivity contribution in [3.63, 3.8) is 0 Å². The van der Waals surface area contributed by atoms with Crippen LogP contribution in [0.3, 0.4) is 0 Å². The van der Waals surface area contributed by atoms with E-state index in [0.717, 1.165) is 5.56 Å². The first-order chi connectivity index (χ1) is 17.2. The fourth-order valence-electron chi connectivity index (χ4n) is 5.08. The highest BCUT2D eigenvalue weighted by atomic mass is 16.3. The maximum atomic E-state index is 13.7. The van der Waals surface area contributed by atoms with Crippen molar-refractivity contribution in [1.29, 1.82) is 0 Å². The van der Waals surface area contributed by atoms with Crippen molar-refractivity contribution < 1.29 is 19.5 Å². The molecular formula is C30H32N2O4. The van der Waals surface area contributed by atoms with Gasteiger partial charge in [0.2, 0.25) is 11.8 Å². The first-order valence-corrected chi connectivity index (χ1v) is 12.2. The monoisotopic (exact) mass is 484 g/mol. The van der Waals surface area contributed by atoms with Gasteiger partial charge < -0.3 is 15.7 Å². The number of nitrogens with one attached hydrogen (secondary N) is 2. The van der Waals surface area contributed by atoms with E-state index in [1.54, 1.807) is 48.5 Å². The molecule has 0 unspecified atom stereocenters. The molecule has 3 aromatic carbocycles. The van der Waals surface area contributed by atoms with Gasteiger partial charge in [0.1, 0.15) is 11.7 Å². The predicted octanol–water partition coefficient (Wildman–Crippen LogP) is 5.13. The van der Waals surface area contributed by atoms with Crippen LogP contribution in [0.4, 0.5) is 11.4 Å². The van der Waals surface area contributed by atoms with E-state index in [1.807, 2.05) is 36.4 Å². The van der Waals surface area contributed by atoms with Gasteiger partial charge in [-0.1, -0.05) is 74.5 Å². The van der Waals surface area contributed by atoms with Crippen LogP contribution in [0.5, 0.6) is 0 Å². The van der Waals surface area contributed by atoms with Crippen LogP contribution in [-0.2, 0) is 14.4 Å². The lowest BCUT2D eigenvalue weighted by Gasteiger charge is -2.44. The van der Waals surface area contributed by atoms with Crippen molar-refractivity contribution >= 4 is 29.0 Å². The Kier molecular flexibility index (Phi) is 7.36. The second-order valence-corrected chi connectivity index (χ2v) is 10.0. The van der Waals surface area contributed by atoms with Crippen LogP contribution in [0.25, 0.3) is 0 Å². The molecule has 0 radical (unpaired) electrons. The van der Waals surface area contributed by atoms with Gasteiger partial charge in [-0.3, -0.25) is 14.4 Å². The molecule has 186 valence electrons. The molecule has 0 spiro atoms. The Balaban J connectivity index is 1.77. The van der Waals surface area contributed by atoms with Gasteiger partial charge in [-0.25, -0.2) is 0 Å². The number of hydrogen-bond acceptors (Lipinski definition) is 4. The standard InChI is InChI=1S/C30H32N2O4/c1-19(2)20-14-16-21(17-15-20)25-26(28(34)31-22-10-6-4-7-11-22)24(33)18-30(3,36)27(25)29(35)32-23-12-8-5-9-13-23/h4-17,19,25-27,36H,18H2,1-3H3,(H,31,34)(H,32,35)/t25-,26-,27+,30+/m1/s1. The number of carbonyl (C=O) groups is 3. The third-order valence-corrected chi connectivity index (χ3v) is 6.90. The molecule has 0 saturated heterocycles. The predicted molar refractivity (Wildman–Crippen MR) is 141 cm³/mol. The minimum Gasteiger partial charge on any atom is -0.389 e. The van der Waals surface area contributed by atoms with Gasteiger partial charge in [-0.05, 0) is 48.2 Å². The summed E-state index contributed by atoms with van der Waals surface area (Å²) in [6.07, 6.45) is -0.298. The zero-order valence-electron chi connectivity index (χ0n) is 20.8. The minimum absolute atomic E-state index is 0.296. The third kappa shape index (κ3) is 5.39. The van der Waals surface area contributed by atoms with Gasteiger partial charge in [0.25, 0.3) is 0 Å². The maximum absolute atomic E-state index is 13.7. The first kappa shape index (κ1) is 25.3. The summed E-state index contributed by atoms with van der Waals surface area (Å²) < 4.78 is 0. The van der Waals surface area contributed by atoms with Crippen molar-refractivity contribution in [3.8, 4) is 0 Å². The maximum Gasteiger partial charge on any atom is 0.235 e. The second kappa shape index (κ2) is 10.5. The van der Waals surface area contributed by atoms with Crippen molar-refractivity contribution in [3.05, 3.63) is 96.1 Å². The molecule has 1 aliphatic rings. The molecule has 0 bridgehead atoms. The van der Waals surface area contributed by atoms with E-state index in [2.05, 4.69) is 24.5 Å². The Morgan fingerprint density at radius 2 is 1.33 bits per heavy atom. The fourth-order valence-corrected chi connectivity index (χ4v) is 5.08. The third-order valence-electron chi connectivity index (χ3n) is 6.90. The largest absolute Gasteiger partial charge is 0.389 e. The molecular weight excluding hydrogens is 452 g/mol. The van der Waals surface area contributed by atoms with Crippen molar-refractivity contribution in [2.75, 3.05) is 10.6 Å². The highest BCUT2D eigenvalue weighted by molar-refractivity contribution is 6.10. The summed E-state index contributed by atoms with van der Waals surface area (Å²) in [6, 6.07) is 25.5. The van der Waals surface area contributed by atoms with Crippen LogP contribution in [0.2, 0.25) is 0 Å². The van der Waals surface area contributed by atoms with Gasteiger partial charge in [0, 0.05) is 23.7 Å². The van der Waals surface area contributed by atoms with Crippen LogP contribution in [0.1, 0.15) is 50.2 Å². The summed E-state index contributed by atoms with van der Waals surface area (Å²) in [5.41, 5.74) is 1.26. The van der Waals surface area contributed by atoms with Gasteiger partial charge in [0.05, 0.1) is 11.5 Å². The van der Waals surface area contributed by atoms with Crippen molar-refractivity contribution in [2.45, 2.75) is 44.6 Å². The molecule has 6 nitrogen and oxygen atoms in total. The zero-order chi connectivity index (χ0) is 25.9. The van der Waals surface area contributed by atoms with E-state index in [-0.39, 0.29) is 6.42 Å². The number of ketones is 1. The number of rotatable bonds is 6. The summed E-state index contributed by atoms with van der Waals surface area (Å²) in [5, 5.41) is 17.1. The van der Waals surface area contributed by atoms with E-state index in [4.69, 9.17) is 0 Å². The molecule has 4 atom stereocenters. The summed E-state index contributed by atoms with van der Waals surface area (Å²) in [7, 11) is 0. The van der Waals surface area contributed by atoms with E-state index in [0.29, 0.717) is 22.9 Å². The second-order valence-electron chi connectivity index (χ2n) is 10.0. The van der Waals surface area contributed by atoms with Gasteiger partial charge in [-0.15, -0.1) is 0 Å². The Morgan fingerprint density at radius 3 is 1.83 bits per heavy atom. The Morgan fingerprint density at radius 1 is 0.833 bits per heavy atom. The Labute approximate surface area is 211 Å². The number of carbonyl (C=O) groups excluding carboxylic acids is 3. The van der Waals surface area contributed by atoms with Gasteiger partial charge in [0.15, 0.2) is 0 Å². The molecule has 36 heavy (non-hydrogen) atoms. The number of anilines is 2. The SMILES string of the molecule is CC(C)c1ccc([C@@H]2[C@H](C(=O)Nc3ccccc3)C(=O)C[C@](C)(O)[C@@H]2C(=O)Nc2ccccc2)cc1. The molecule has 1 fully saturated rings. The van der Waals surface area contributed by atoms with Crippen LogP contribution < -0.4 is 10.6 Å². The van der Waals surface area contributed by atoms with Crippen molar-refractivity contribution in [1.82, 2.24) is 0 Å². The average Bonchev–Trinajstić information content (AvgIpc) is 2.84. The molecule has 3 aromatic rings. The van der Waals surface area contributed by atoms with Crippen LogP contribution in [0.15, 0.2) is 84.9 Å². The topological polar surface area (TPSA) is 95.5 Å². The summed E-state index contributed by atoms with van der Waals surface area (Å²) in [6.45, 7) is 5.66. The number of benzene rings is 3. The van der Waals surface area contributed by atoms with Gasteiger partial charge >= 0.3 is 0 Å². The quantitative estimate of drug-likeness (QED) is 0.423. The summed E-state index contributed by atoms with van der Waals surface area (Å²) >= 11 is 0. The molecule has 1 saturated carbocycles. The average molecular weight is 485 g/mol. The number of aliphatic hydroxyl groups is 1. The molecule has 4 rings (SSSR count). The molecule has 0 heterocycles. The van der Waals surface area contributed by atoms with E-state index < -0.39 is 41.0 Å². The van der Waals surface area contributed by atoms with E-state index in [1.165, 1.54) is 6.92 Å². The smallest absolute Gasteiger partial charge is 0.235 e. The highest BCUT2D eigenvalue weighted by Crippen LogP contribution is 2.46. The highest BCUT2D eigenvalue weighted by Gasteiger charge is 2.55. The van der Waals surface area contributed by atoms with Crippen LogP contribution in [0, 0.1) is 11.8 Å². The normalized spacial score (nSPS) is 23.8. The molecule has 3 N–H and O–H groups in total. The number of amides is 2. The number of hydrogen-bond donors (Lipinski definition) is 3. The lowest BCUT2D eigenvalue weighted by atomic mass is 9.61. The Bertz CT molecular complexity index is 1220. The lowest BCUT2D eigenvalue weighted by molar-refractivity contribution is -0.150. The summed E-state index contributed by atoms with van der Waals surface area (Å²) in [4.78, 5) is 40.6. The van der Waals surface area contributed by atoms with Crippen LogP contribution >= 0.6 is 0 Å². The molecule has 0 aromatic heterocycles. The van der Waals surface area contributed by atoms with E-state index >= 15 is 0 Å². The first-order valence-electron chi connectivity index (χ1n) is 12.2. The fraction of sp³-hybridized carbons (Fsp3) is 0.300. The molecule has 6 heteroatoms. The van der Waals surface area contributed by atoms with Gasteiger partial charge in [-0.2, -0.15) is 0 Å². The molecule has 1 aliphatic carbocycles. The van der Waals surface area contributed by atoms with E-state index in [9.17, 15) is 19.5 Å². The number of Topliss-reactive ketones (excluding diaryl/α,β-unsaturated/α-hetero) is 1. The minimum atomic E-state index is -1.64. The van der Waals surface area contributed by atoms with Crippen LogP contribution in [-0.4, -0.2) is 28.3 Å². The lowest BCUT2D eigenvalue weighted by Crippen LogP contribution is -2.56. The zero-order valence-corrected chi connectivity index (χ0v) is 20.8. The molecule has 0 aliphatic heterocycles. The molecule has 2 amide bonds. The van der Waals surface area contributed by atoms with Crippen molar-refractivity contribution in [2.24, 2.45) is 11.8 Å². The number of para-hydroxylation sites is 2. The summed E-state index contributed by atoms with van der Waals surface area (Å²) in [5.74, 6) is -4.05. The Hall–Kier alpha value is -3.77.